The summed E-state index contributed by atoms with van der Waals surface area (Å²) < 4.78 is 11.3. The number of hydrogen-bond acceptors (Lipinski definition) is 3. The van der Waals surface area contributed by atoms with E-state index in [4.69, 9.17) is 14.9 Å². The van der Waals surface area contributed by atoms with E-state index in [9.17, 15) is 0 Å². The van der Waals surface area contributed by atoms with Crippen molar-refractivity contribution in [2.45, 2.75) is 58.6 Å². The maximum absolute atomic E-state index is 6.27. The Morgan fingerprint density at radius 1 is 1.29 bits per heavy atom. The van der Waals surface area contributed by atoms with Crippen LogP contribution in [0.3, 0.4) is 0 Å². The van der Waals surface area contributed by atoms with Crippen molar-refractivity contribution in [2.24, 2.45) is 5.73 Å². The molecule has 1 aromatic rings. The van der Waals surface area contributed by atoms with Gasteiger partial charge < -0.3 is 14.9 Å². The van der Waals surface area contributed by atoms with Crippen molar-refractivity contribution in [3.8, 4) is 0 Å². The Labute approximate surface area is 103 Å². The third-order valence-corrected chi connectivity index (χ3v) is 3.81. The van der Waals surface area contributed by atoms with E-state index in [0.717, 1.165) is 31.0 Å². The molecule has 3 nitrogen and oxygen atoms in total. The summed E-state index contributed by atoms with van der Waals surface area (Å²) in [6, 6.07) is 0.0802. The monoisotopic (exact) mass is 237 g/mol. The average Bonchev–Trinajstić information content (AvgIpc) is 2.86. The molecule has 2 rings (SSSR count). The molecule has 0 bridgehead atoms. The molecule has 2 atom stereocenters. The van der Waals surface area contributed by atoms with Gasteiger partial charge in [0.25, 0.3) is 0 Å². The molecule has 1 aliphatic rings. The molecule has 2 heterocycles. The zero-order chi connectivity index (χ0) is 12.4. The average molecular weight is 237 g/mol. The van der Waals surface area contributed by atoms with Crippen LogP contribution in [0.1, 0.15) is 54.4 Å². The maximum Gasteiger partial charge on any atom is 0.106 e. The summed E-state index contributed by atoms with van der Waals surface area (Å²) in [5, 5.41) is 0. The van der Waals surface area contributed by atoms with Gasteiger partial charge in [0.15, 0.2) is 0 Å². The Morgan fingerprint density at radius 2 is 2.06 bits per heavy atom. The first-order valence-electron chi connectivity index (χ1n) is 6.53. The van der Waals surface area contributed by atoms with Crippen LogP contribution in [0.2, 0.25) is 0 Å². The Morgan fingerprint density at radius 3 is 2.59 bits per heavy atom. The second kappa shape index (κ2) is 5.23. The lowest BCUT2D eigenvalue weighted by Crippen LogP contribution is -2.15. The molecule has 1 fully saturated rings. The van der Waals surface area contributed by atoms with Gasteiger partial charge in [0.05, 0.1) is 6.10 Å². The van der Waals surface area contributed by atoms with Gasteiger partial charge in [-0.25, -0.2) is 0 Å². The van der Waals surface area contributed by atoms with Gasteiger partial charge in [-0.05, 0) is 52.0 Å². The number of aryl methyl sites for hydroxylation is 2. The lowest BCUT2D eigenvalue weighted by atomic mass is 9.97. The number of rotatable bonds is 4. The number of ether oxygens (including phenoxy) is 1. The summed E-state index contributed by atoms with van der Waals surface area (Å²) in [4.78, 5) is 0. The predicted molar refractivity (Wildman–Crippen MR) is 68.1 cm³/mol. The Balaban J connectivity index is 1.96. The quantitative estimate of drug-likeness (QED) is 0.875. The van der Waals surface area contributed by atoms with Gasteiger partial charge >= 0.3 is 0 Å². The normalized spacial score (nSPS) is 22.0. The summed E-state index contributed by atoms with van der Waals surface area (Å²) in [7, 11) is 0. The molecule has 1 saturated heterocycles. The van der Waals surface area contributed by atoms with Crippen LogP contribution in [0, 0.1) is 20.8 Å². The van der Waals surface area contributed by atoms with Crippen LogP contribution in [-0.2, 0) is 4.74 Å². The van der Waals surface area contributed by atoms with Crippen molar-refractivity contribution in [3.05, 3.63) is 22.6 Å². The number of hydrogen-bond donors (Lipinski definition) is 1. The van der Waals surface area contributed by atoms with Crippen molar-refractivity contribution >= 4 is 0 Å². The SMILES string of the molecule is Cc1oc(C)c(C(N)CCC2CCCO2)c1C. The molecule has 0 spiro atoms. The molecule has 0 radical (unpaired) electrons. The molecule has 0 aliphatic carbocycles. The minimum atomic E-state index is 0.0802. The van der Waals surface area contributed by atoms with Crippen molar-refractivity contribution in [2.75, 3.05) is 6.61 Å². The lowest BCUT2D eigenvalue weighted by Gasteiger charge is -2.15. The van der Waals surface area contributed by atoms with Gasteiger partial charge in [-0.1, -0.05) is 0 Å². The Kier molecular flexibility index (Phi) is 3.89. The van der Waals surface area contributed by atoms with E-state index in [1.54, 1.807) is 0 Å². The molecule has 0 aromatic carbocycles. The van der Waals surface area contributed by atoms with E-state index >= 15 is 0 Å². The molecule has 1 aliphatic heterocycles. The molecule has 3 heteroatoms. The fraction of sp³-hybridized carbons (Fsp3) is 0.714. The topological polar surface area (TPSA) is 48.4 Å². The van der Waals surface area contributed by atoms with Crippen LogP contribution in [0.4, 0.5) is 0 Å². The first kappa shape index (κ1) is 12.7. The highest BCUT2D eigenvalue weighted by Crippen LogP contribution is 2.29. The minimum absolute atomic E-state index is 0.0802. The standard InChI is InChI=1S/C14H23NO2/c1-9-10(2)17-11(3)14(9)13(15)7-6-12-5-4-8-16-12/h12-13H,4-8,15H2,1-3H3. The van der Waals surface area contributed by atoms with Crippen LogP contribution < -0.4 is 5.73 Å². The third-order valence-electron chi connectivity index (χ3n) is 3.81. The first-order valence-corrected chi connectivity index (χ1v) is 6.53. The Hall–Kier alpha value is -0.800. The molecule has 2 unspecified atom stereocenters. The summed E-state index contributed by atoms with van der Waals surface area (Å²) in [6.07, 6.45) is 4.85. The highest BCUT2D eigenvalue weighted by atomic mass is 16.5. The zero-order valence-electron chi connectivity index (χ0n) is 11.1. The predicted octanol–water partition coefficient (Wildman–Crippen LogP) is 3.16. The third kappa shape index (κ3) is 2.72. The van der Waals surface area contributed by atoms with Crippen LogP contribution in [0.15, 0.2) is 4.42 Å². The van der Waals surface area contributed by atoms with Crippen molar-refractivity contribution in [3.63, 3.8) is 0 Å². The van der Waals surface area contributed by atoms with Crippen LogP contribution in [0.25, 0.3) is 0 Å². The zero-order valence-corrected chi connectivity index (χ0v) is 11.1. The van der Waals surface area contributed by atoms with E-state index in [2.05, 4.69) is 6.92 Å². The first-order chi connectivity index (χ1) is 8.09. The lowest BCUT2D eigenvalue weighted by molar-refractivity contribution is 0.101. The van der Waals surface area contributed by atoms with Crippen molar-refractivity contribution < 1.29 is 9.15 Å². The molecule has 96 valence electrons. The Bertz CT molecular complexity index is 378. The fourth-order valence-electron chi connectivity index (χ4n) is 2.74. The van der Waals surface area contributed by atoms with Gasteiger partial charge in [0, 0.05) is 18.2 Å². The molecular weight excluding hydrogens is 214 g/mol. The molecule has 17 heavy (non-hydrogen) atoms. The highest BCUT2D eigenvalue weighted by molar-refractivity contribution is 5.33. The van der Waals surface area contributed by atoms with Gasteiger partial charge in [0.2, 0.25) is 0 Å². The van der Waals surface area contributed by atoms with Gasteiger partial charge in [-0.2, -0.15) is 0 Å². The molecule has 1 aromatic heterocycles. The molecule has 0 amide bonds. The molecule has 0 saturated carbocycles. The van der Waals surface area contributed by atoms with Gasteiger partial charge in [-0.15, -0.1) is 0 Å². The van der Waals surface area contributed by atoms with E-state index < -0.39 is 0 Å². The minimum Gasteiger partial charge on any atom is -0.466 e. The fourth-order valence-corrected chi connectivity index (χ4v) is 2.74. The molecule has 2 N–H and O–H groups in total. The largest absolute Gasteiger partial charge is 0.466 e. The van der Waals surface area contributed by atoms with Crippen LogP contribution >= 0.6 is 0 Å². The van der Waals surface area contributed by atoms with Gasteiger partial charge in [-0.3, -0.25) is 0 Å². The van der Waals surface area contributed by atoms with E-state index in [0.29, 0.717) is 6.10 Å². The summed E-state index contributed by atoms with van der Waals surface area (Å²) in [6.45, 7) is 7.01. The van der Waals surface area contributed by atoms with Crippen LogP contribution in [0.5, 0.6) is 0 Å². The van der Waals surface area contributed by atoms with Gasteiger partial charge in [0.1, 0.15) is 11.5 Å². The van der Waals surface area contributed by atoms with Crippen molar-refractivity contribution in [1.82, 2.24) is 0 Å². The maximum atomic E-state index is 6.27. The summed E-state index contributed by atoms with van der Waals surface area (Å²) >= 11 is 0. The number of furan rings is 1. The number of nitrogens with two attached hydrogens (primary N) is 1. The summed E-state index contributed by atoms with van der Waals surface area (Å²) in [5.74, 6) is 1.96. The summed E-state index contributed by atoms with van der Waals surface area (Å²) in [5.41, 5.74) is 8.68. The second-order valence-corrected chi connectivity index (χ2v) is 5.07. The smallest absolute Gasteiger partial charge is 0.106 e. The highest BCUT2D eigenvalue weighted by Gasteiger charge is 2.21. The van der Waals surface area contributed by atoms with E-state index in [-0.39, 0.29) is 6.04 Å². The van der Waals surface area contributed by atoms with Crippen molar-refractivity contribution in [1.29, 1.82) is 0 Å². The molecular formula is C14H23NO2. The van der Waals surface area contributed by atoms with E-state index in [1.165, 1.54) is 24.0 Å². The second-order valence-electron chi connectivity index (χ2n) is 5.07. The van der Waals surface area contributed by atoms with E-state index in [1.807, 2.05) is 13.8 Å². The van der Waals surface area contributed by atoms with Crippen LogP contribution in [-0.4, -0.2) is 12.7 Å².